The molecule has 0 aromatic heterocycles. The van der Waals surface area contributed by atoms with E-state index in [1.807, 2.05) is 22.6 Å². The fourth-order valence-electron chi connectivity index (χ4n) is 0.859. The van der Waals surface area contributed by atoms with Crippen molar-refractivity contribution in [3.8, 4) is 0 Å². The summed E-state index contributed by atoms with van der Waals surface area (Å²) in [4.78, 5) is 0. The zero-order valence-corrected chi connectivity index (χ0v) is 8.63. The van der Waals surface area contributed by atoms with E-state index in [1.165, 1.54) is 12.1 Å². The number of rotatable bonds is 1. The van der Waals surface area contributed by atoms with Gasteiger partial charge in [-0.05, 0) is 40.3 Å². The lowest BCUT2D eigenvalue weighted by molar-refractivity contribution is -0.149. The molecule has 0 aliphatic carbocycles. The van der Waals surface area contributed by atoms with Crippen LogP contribution in [0.25, 0.3) is 0 Å². The minimum atomic E-state index is -4.37. The Hall–Kier alpha value is -0.300. The van der Waals surface area contributed by atoms with Crippen molar-refractivity contribution in [2.45, 2.75) is 12.2 Å². The summed E-state index contributed by atoms with van der Waals surface area (Å²) in [5.74, 6) is 0. The van der Waals surface area contributed by atoms with Gasteiger partial charge in [0, 0.05) is 3.57 Å². The molecule has 0 spiro atoms. The topological polar surface area (TPSA) is 26.0 Å². The average molecular weight is 301 g/mol. The van der Waals surface area contributed by atoms with Crippen molar-refractivity contribution in [1.29, 1.82) is 0 Å². The first-order chi connectivity index (χ1) is 5.91. The van der Waals surface area contributed by atoms with Gasteiger partial charge in [-0.3, -0.25) is 0 Å². The lowest BCUT2D eigenvalue weighted by Crippen LogP contribution is -2.28. The molecular formula is C8H7F3IN. The Morgan fingerprint density at radius 3 is 2.00 bits per heavy atom. The molecule has 0 radical (unpaired) electrons. The van der Waals surface area contributed by atoms with Crippen molar-refractivity contribution in [3.63, 3.8) is 0 Å². The maximum absolute atomic E-state index is 12.1. The van der Waals surface area contributed by atoms with E-state index in [9.17, 15) is 13.2 Å². The Morgan fingerprint density at radius 2 is 1.62 bits per heavy atom. The van der Waals surface area contributed by atoms with Gasteiger partial charge in [0.25, 0.3) is 0 Å². The maximum Gasteiger partial charge on any atom is 0.407 e. The summed E-state index contributed by atoms with van der Waals surface area (Å²) < 4.78 is 37.2. The van der Waals surface area contributed by atoms with Crippen LogP contribution in [0.2, 0.25) is 0 Å². The Bertz CT molecular complexity index is 280. The summed E-state index contributed by atoms with van der Waals surface area (Å²) >= 11 is 2.02. The summed E-state index contributed by atoms with van der Waals surface area (Å²) in [6.45, 7) is 0. The van der Waals surface area contributed by atoms with E-state index in [0.29, 0.717) is 0 Å². The SMILES string of the molecule is N[C@H](c1ccc(I)cc1)C(F)(F)F. The Kier molecular flexibility index (Phi) is 3.18. The summed E-state index contributed by atoms with van der Waals surface area (Å²) in [6, 6.07) is 4.09. The number of halogens is 4. The normalized spacial score (nSPS) is 14.2. The van der Waals surface area contributed by atoms with Gasteiger partial charge in [0.05, 0.1) is 0 Å². The van der Waals surface area contributed by atoms with Gasteiger partial charge in [-0.2, -0.15) is 13.2 Å². The van der Waals surface area contributed by atoms with E-state index >= 15 is 0 Å². The van der Waals surface area contributed by atoms with E-state index in [4.69, 9.17) is 5.73 Å². The lowest BCUT2D eigenvalue weighted by atomic mass is 10.1. The minimum Gasteiger partial charge on any atom is -0.316 e. The van der Waals surface area contributed by atoms with Gasteiger partial charge in [-0.25, -0.2) is 0 Å². The van der Waals surface area contributed by atoms with Crippen molar-refractivity contribution < 1.29 is 13.2 Å². The first-order valence-corrected chi connectivity index (χ1v) is 4.57. The average Bonchev–Trinajstić information content (AvgIpc) is 2.03. The van der Waals surface area contributed by atoms with Crippen molar-refractivity contribution in [1.82, 2.24) is 0 Å². The van der Waals surface area contributed by atoms with E-state index in [2.05, 4.69) is 0 Å². The highest BCUT2D eigenvalue weighted by atomic mass is 127. The molecule has 0 unspecified atom stereocenters. The Labute approximate surface area is 87.3 Å². The largest absolute Gasteiger partial charge is 0.407 e. The van der Waals surface area contributed by atoms with Crippen LogP contribution >= 0.6 is 22.6 Å². The first kappa shape index (κ1) is 10.8. The number of hydrogen-bond acceptors (Lipinski definition) is 1. The minimum absolute atomic E-state index is 0.0907. The van der Waals surface area contributed by atoms with E-state index < -0.39 is 12.2 Å². The van der Waals surface area contributed by atoms with Crippen molar-refractivity contribution >= 4 is 22.6 Å². The Balaban J connectivity index is 2.90. The van der Waals surface area contributed by atoms with E-state index in [0.717, 1.165) is 3.57 Å². The van der Waals surface area contributed by atoms with Gasteiger partial charge in [0.15, 0.2) is 0 Å². The molecule has 1 aromatic carbocycles. The van der Waals surface area contributed by atoms with Crippen molar-refractivity contribution in [3.05, 3.63) is 33.4 Å². The molecule has 0 aliphatic heterocycles. The number of hydrogen-bond donors (Lipinski definition) is 1. The molecule has 0 fully saturated rings. The van der Waals surface area contributed by atoms with Crippen LogP contribution in [0.15, 0.2) is 24.3 Å². The first-order valence-electron chi connectivity index (χ1n) is 3.49. The molecular weight excluding hydrogens is 294 g/mol. The smallest absolute Gasteiger partial charge is 0.316 e. The van der Waals surface area contributed by atoms with Crippen LogP contribution in [-0.4, -0.2) is 6.18 Å². The standard InChI is InChI=1S/C8H7F3IN/c9-8(10,11)7(13)5-1-3-6(12)4-2-5/h1-4,7H,13H2/t7-/m1/s1. The van der Waals surface area contributed by atoms with Gasteiger partial charge < -0.3 is 5.73 Å². The van der Waals surface area contributed by atoms with Gasteiger partial charge >= 0.3 is 6.18 Å². The molecule has 5 heteroatoms. The summed E-state index contributed by atoms with van der Waals surface area (Å²) in [5, 5.41) is 0. The Morgan fingerprint density at radius 1 is 1.15 bits per heavy atom. The van der Waals surface area contributed by atoms with Crippen LogP contribution in [0.3, 0.4) is 0 Å². The molecule has 0 amide bonds. The molecule has 0 saturated heterocycles. The molecule has 13 heavy (non-hydrogen) atoms. The lowest BCUT2D eigenvalue weighted by Gasteiger charge is -2.15. The van der Waals surface area contributed by atoms with Crippen LogP contribution < -0.4 is 5.73 Å². The zero-order chi connectivity index (χ0) is 10.1. The third kappa shape index (κ3) is 2.84. The zero-order valence-electron chi connectivity index (χ0n) is 6.48. The number of nitrogens with two attached hydrogens (primary N) is 1. The molecule has 0 aliphatic rings. The third-order valence-corrected chi connectivity index (χ3v) is 2.30. The van der Waals surface area contributed by atoms with Crippen LogP contribution in [-0.2, 0) is 0 Å². The molecule has 0 bridgehead atoms. The van der Waals surface area contributed by atoms with Gasteiger partial charge in [0.1, 0.15) is 6.04 Å². The molecule has 0 saturated carbocycles. The highest BCUT2D eigenvalue weighted by Crippen LogP contribution is 2.30. The van der Waals surface area contributed by atoms with Crippen LogP contribution in [0.1, 0.15) is 11.6 Å². The van der Waals surface area contributed by atoms with E-state index in [1.54, 1.807) is 12.1 Å². The van der Waals surface area contributed by atoms with E-state index in [-0.39, 0.29) is 5.56 Å². The second-order valence-corrected chi connectivity index (χ2v) is 3.82. The molecule has 0 heterocycles. The summed E-state index contributed by atoms with van der Waals surface area (Å²) in [6.07, 6.45) is -4.37. The van der Waals surface area contributed by atoms with Crippen LogP contribution in [0.4, 0.5) is 13.2 Å². The highest BCUT2D eigenvalue weighted by molar-refractivity contribution is 14.1. The summed E-state index contributed by atoms with van der Waals surface area (Å²) in [5.41, 5.74) is 5.09. The summed E-state index contributed by atoms with van der Waals surface area (Å²) in [7, 11) is 0. The van der Waals surface area contributed by atoms with Crippen molar-refractivity contribution in [2.24, 2.45) is 5.73 Å². The molecule has 1 atom stereocenters. The molecule has 1 aromatic rings. The number of benzene rings is 1. The molecule has 72 valence electrons. The molecule has 1 rings (SSSR count). The van der Waals surface area contributed by atoms with Gasteiger partial charge in [-0.1, -0.05) is 12.1 Å². The fourth-order valence-corrected chi connectivity index (χ4v) is 1.22. The van der Waals surface area contributed by atoms with Gasteiger partial charge in [0.2, 0.25) is 0 Å². The molecule has 1 nitrogen and oxygen atoms in total. The van der Waals surface area contributed by atoms with Crippen molar-refractivity contribution in [2.75, 3.05) is 0 Å². The second kappa shape index (κ2) is 3.83. The molecule has 2 N–H and O–H groups in total. The van der Waals surface area contributed by atoms with Crippen LogP contribution in [0.5, 0.6) is 0 Å². The number of alkyl halides is 3. The second-order valence-electron chi connectivity index (χ2n) is 2.57. The fraction of sp³-hybridized carbons (Fsp3) is 0.250. The van der Waals surface area contributed by atoms with Gasteiger partial charge in [-0.15, -0.1) is 0 Å². The quantitative estimate of drug-likeness (QED) is 0.793. The monoisotopic (exact) mass is 301 g/mol. The predicted octanol–water partition coefficient (Wildman–Crippen LogP) is 2.85. The van der Waals surface area contributed by atoms with Crippen LogP contribution in [0, 0.1) is 3.57 Å². The highest BCUT2D eigenvalue weighted by Gasteiger charge is 2.37. The maximum atomic E-state index is 12.1. The predicted molar refractivity (Wildman–Crippen MR) is 52.1 cm³/mol. The third-order valence-electron chi connectivity index (χ3n) is 1.58.